The maximum atomic E-state index is 14.2. The molecule has 0 bridgehead atoms. The molecule has 0 saturated carbocycles. The molecule has 0 aliphatic heterocycles. The first-order valence-electron chi connectivity index (χ1n) is 15.8. The van der Waals surface area contributed by atoms with E-state index in [1.165, 1.54) is 0 Å². The molecule has 5 aromatic carbocycles. The SMILES string of the molecule is CCCCOCCOc1cc2c(=O)c3n[se]nc3c(=O)c2c2c1ccc1c(OCCOCCCC)cc3c(=O)c4n[se]nc4c(=O)c3c12. The molecule has 0 fully saturated rings. The summed E-state index contributed by atoms with van der Waals surface area (Å²) in [6.45, 7) is 6.35. The second kappa shape index (κ2) is 13.9. The van der Waals surface area contributed by atoms with Crippen LogP contribution in [0.5, 0.6) is 11.5 Å². The molecule has 0 aliphatic carbocycles. The fourth-order valence-electron chi connectivity index (χ4n) is 6.02. The summed E-state index contributed by atoms with van der Waals surface area (Å²) < 4.78 is 40.9. The van der Waals surface area contributed by atoms with Crippen LogP contribution in [0.25, 0.3) is 65.2 Å². The van der Waals surface area contributed by atoms with Crippen LogP contribution in [0.4, 0.5) is 0 Å². The van der Waals surface area contributed by atoms with E-state index in [9.17, 15) is 19.2 Å². The van der Waals surface area contributed by atoms with Gasteiger partial charge < -0.3 is 0 Å². The molecular formula is C34H30N4O8Se2. The first-order chi connectivity index (χ1) is 23.5. The second-order valence-corrected chi connectivity index (χ2v) is 13.6. The summed E-state index contributed by atoms with van der Waals surface area (Å²) in [6.07, 6.45) is 3.84. The average molecular weight is 781 g/mol. The number of fused-ring (bicyclic) bond motifs is 9. The van der Waals surface area contributed by atoms with Gasteiger partial charge in [-0.15, -0.1) is 0 Å². The van der Waals surface area contributed by atoms with Crippen molar-refractivity contribution in [2.75, 3.05) is 39.6 Å². The van der Waals surface area contributed by atoms with Crippen molar-refractivity contribution in [1.29, 1.82) is 0 Å². The Kier molecular flexibility index (Phi) is 9.46. The number of nitrogens with zero attached hydrogens (tertiary/aromatic N) is 4. The van der Waals surface area contributed by atoms with Crippen LogP contribution in [0.15, 0.2) is 43.4 Å². The summed E-state index contributed by atoms with van der Waals surface area (Å²) in [5.74, 6) is 0.663. The van der Waals surface area contributed by atoms with Crippen LogP contribution in [-0.4, -0.2) is 85.5 Å². The van der Waals surface area contributed by atoms with Crippen LogP contribution in [0, 0.1) is 0 Å². The van der Waals surface area contributed by atoms with Crippen molar-refractivity contribution in [1.82, 2.24) is 15.9 Å². The molecule has 0 saturated heterocycles. The predicted octanol–water partition coefficient (Wildman–Crippen LogP) is 3.01. The van der Waals surface area contributed by atoms with Crippen LogP contribution >= 0.6 is 0 Å². The molecule has 0 amide bonds. The Morgan fingerprint density at radius 2 is 0.896 bits per heavy atom. The van der Waals surface area contributed by atoms with E-state index in [0.29, 0.717) is 59.5 Å². The Bertz CT molecular complexity index is 2380. The molecule has 2 aromatic heterocycles. The molecule has 0 radical (unpaired) electrons. The van der Waals surface area contributed by atoms with E-state index in [1.54, 1.807) is 24.3 Å². The van der Waals surface area contributed by atoms with Gasteiger partial charge in [0.15, 0.2) is 0 Å². The van der Waals surface area contributed by atoms with Crippen LogP contribution in [0.2, 0.25) is 0 Å². The number of hydrogen-bond donors (Lipinski definition) is 0. The number of ether oxygens (including phenoxy) is 4. The molecule has 14 heteroatoms. The number of unbranched alkanes of at least 4 members (excludes halogenated alkanes) is 2. The van der Waals surface area contributed by atoms with Crippen molar-refractivity contribution in [2.45, 2.75) is 39.5 Å². The zero-order valence-corrected chi connectivity index (χ0v) is 29.7. The van der Waals surface area contributed by atoms with Gasteiger partial charge in [0.2, 0.25) is 0 Å². The average Bonchev–Trinajstić information content (AvgIpc) is 3.80. The fourth-order valence-corrected chi connectivity index (χ4v) is 8.29. The van der Waals surface area contributed by atoms with Gasteiger partial charge in [0.25, 0.3) is 0 Å². The predicted molar refractivity (Wildman–Crippen MR) is 186 cm³/mol. The van der Waals surface area contributed by atoms with Crippen LogP contribution in [0.1, 0.15) is 39.5 Å². The first-order valence-corrected chi connectivity index (χ1v) is 18.9. The summed E-state index contributed by atoms with van der Waals surface area (Å²) in [5, 5.41) is 1.94. The Balaban J connectivity index is 1.57. The minimum atomic E-state index is -0.634. The van der Waals surface area contributed by atoms with Gasteiger partial charge in [-0.1, -0.05) is 26.7 Å². The molecule has 7 aromatic rings. The summed E-state index contributed by atoms with van der Waals surface area (Å²) in [7, 11) is 0. The number of hydrogen-bond acceptors (Lipinski definition) is 12. The van der Waals surface area contributed by atoms with Crippen LogP contribution in [-0.2, 0) is 9.47 Å². The Labute approximate surface area is 284 Å². The van der Waals surface area contributed by atoms with Gasteiger partial charge >= 0.3 is 259 Å². The topological polar surface area (TPSA) is 157 Å². The van der Waals surface area contributed by atoms with Crippen LogP contribution < -0.4 is 31.2 Å². The fraction of sp³-hybridized carbons (Fsp3) is 0.353. The van der Waals surface area contributed by atoms with E-state index in [1.807, 2.05) is 0 Å². The molecule has 246 valence electrons. The van der Waals surface area contributed by atoms with Crippen LogP contribution in [0.3, 0.4) is 0 Å². The molecule has 48 heavy (non-hydrogen) atoms. The molecular weight excluding hydrogens is 750 g/mol. The van der Waals surface area contributed by atoms with Crippen molar-refractivity contribution < 1.29 is 18.9 Å². The van der Waals surface area contributed by atoms with E-state index in [4.69, 9.17) is 18.9 Å². The Morgan fingerprint density at radius 1 is 0.500 bits per heavy atom. The number of rotatable bonds is 14. The normalized spacial score (nSPS) is 12.0. The van der Waals surface area contributed by atoms with Gasteiger partial charge in [0.1, 0.15) is 0 Å². The molecule has 0 atom stereocenters. The van der Waals surface area contributed by atoms with E-state index < -0.39 is 51.6 Å². The summed E-state index contributed by atoms with van der Waals surface area (Å²) >= 11 is -1.27. The van der Waals surface area contributed by atoms with Crippen molar-refractivity contribution in [2.24, 2.45) is 0 Å². The van der Waals surface area contributed by atoms with Gasteiger partial charge in [0, 0.05) is 0 Å². The van der Waals surface area contributed by atoms with E-state index in [0.717, 1.165) is 25.7 Å². The third kappa shape index (κ3) is 5.56. The van der Waals surface area contributed by atoms with Gasteiger partial charge in [-0.2, -0.15) is 0 Å². The Morgan fingerprint density at radius 3 is 1.29 bits per heavy atom. The summed E-state index contributed by atoms with van der Waals surface area (Å²) in [5.41, 5.74) is -1.76. The monoisotopic (exact) mass is 782 g/mol. The zero-order chi connectivity index (χ0) is 33.4. The summed E-state index contributed by atoms with van der Waals surface area (Å²) in [4.78, 5) is 56.1. The zero-order valence-electron chi connectivity index (χ0n) is 26.3. The van der Waals surface area contributed by atoms with E-state index in [2.05, 4.69) is 29.8 Å². The van der Waals surface area contributed by atoms with Crippen molar-refractivity contribution in [3.63, 3.8) is 0 Å². The van der Waals surface area contributed by atoms with Crippen molar-refractivity contribution >= 4 is 95.1 Å². The third-order valence-electron chi connectivity index (χ3n) is 8.36. The molecule has 12 nitrogen and oxygen atoms in total. The number of aromatic nitrogens is 4. The van der Waals surface area contributed by atoms with E-state index >= 15 is 0 Å². The Hall–Kier alpha value is -3.90. The van der Waals surface area contributed by atoms with Gasteiger partial charge in [0.05, 0.1) is 0 Å². The van der Waals surface area contributed by atoms with E-state index in [-0.39, 0.29) is 56.8 Å². The third-order valence-corrected chi connectivity index (χ3v) is 10.6. The molecule has 7 rings (SSSR count). The van der Waals surface area contributed by atoms with Crippen molar-refractivity contribution in [3.05, 3.63) is 65.2 Å². The minimum absolute atomic E-state index is 0.00832. The van der Waals surface area contributed by atoms with Crippen molar-refractivity contribution in [3.8, 4) is 11.5 Å². The number of benzene rings is 5. The maximum absolute atomic E-state index is 14.2. The van der Waals surface area contributed by atoms with Gasteiger partial charge in [-0.05, 0) is 0 Å². The quantitative estimate of drug-likeness (QED) is 0.0905. The molecule has 0 aliphatic rings. The van der Waals surface area contributed by atoms with Gasteiger partial charge in [-0.3, -0.25) is 0 Å². The standard InChI is InChI=1S/C34H30N4O8Se2/c1-3-5-9-43-11-13-45-21-15-19-25(33(41)29-27(31(19)39)35-47-37-29)23-17(21)7-8-18-22(46-14-12-44-10-6-4-2)16-20-26(24(18)23)34(42)30-28(32(20)40)36-48-38-30/h7-8,15-16H,3-6,9-14H2,1-2H3. The van der Waals surface area contributed by atoms with Gasteiger partial charge in [-0.25, -0.2) is 0 Å². The molecule has 0 unspecified atom stereocenters. The molecule has 2 heterocycles. The second-order valence-electron chi connectivity index (χ2n) is 11.4. The summed E-state index contributed by atoms with van der Waals surface area (Å²) in [6, 6.07) is 6.68. The molecule has 0 N–H and O–H groups in total. The first kappa shape index (κ1) is 32.6. The molecule has 0 spiro atoms.